The fraction of sp³-hybridized carbons (Fsp3) is 0.514. The summed E-state index contributed by atoms with van der Waals surface area (Å²) < 4.78 is 94.0. The van der Waals surface area contributed by atoms with Crippen molar-refractivity contribution in [2.24, 2.45) is 0 Å². The second-order valence-electron chi connectivity index (χ2n) is 25.4. The van der Waals surface area contributed by atoms with Crippen LogP contribution in [0.1, 0.15) is 120 Å². The predicted molar refractivity (Wildman–Crippen MR) is 344 cm³/mol. The first-order valence-electron chi connectivity index (χ1n) is 32.2. The van der Waals surface area contributed by atoms with Crippen molar-refractivity contribution in [3.63, 3.8) is 0 Å². The van der Waals surface area contributed by atoms with Gasteiger partial charge in [0.2, 0.25) is 0 Å². The topological polar surface area (TPSA) is 120 Å². The summed E-state index contributed by atoms with van der Waals surface area (Å²) in [7, 11) is -2.58. The maximum Gasteiger partial charge on any atom is 0.192 e. The summed E-state index contributed by atoms with van der Waals surface area (Å²) in [5.41, 5.74) is 5.95. The molecule has 6 aromatic carbocycles. The molecule has 13 nitrogen and oxygen atoms in total. The molecule has 0 radical (unpaired) electrons. The summed E-state index contributed by atoms with van der Waals surface area (Å²) >= 11 is 0. The highest BCUT2D eigenvalue weighted by molar-refractivity contribution is 6.74. The van der Waals surface area contributed by atoms with Crippen molar-refractivity contribution in [1.29, 1.82) is 0 Å². The minimum absolute atomic E-state index is 0.169. The molecule has 3 aliphatic heterocycles. The molecule has 88 heavy (non-hydrogen) atoms. The van der Waals surface area contributed by atoms with Crippen molar-refractivity contribution >= 4 is 8.32 Å². The van der Waals surface area contributed by atoms with Crippen LogP contribution in [0.25, 0.3) is 0 Å². The molecule has 3 fully saturated rings. The molecule has 9 rings (SSSR count). The standard InChI is InChI=1S/C74H98O13Si/c1-10-11-12-13-14-33-46-75-71-68(79-50-59-40-27-18-28-41-59)65(62(53(2)82-71)76-47-56-34-21-15-22-35-56)85-72-69(80-51-60-42-29-19-30-43-60)66(63(54(3)83-72)77-48-57-36-23-16-24-37-57)86-73-70(81-52-61-44-31-20-32-45-61)67(87-88(8,9)74(5,6)7)64(55(4)84-73)78-49-58-38-25-17-26-39-58/h15-32,34-45,53-55,62-73H,10-14,33,46-52H2,1-9H3/t53-,54-,55-,62+,63+,64+,65+,66+,67+,68-,69-,70-,71-,72-,73-/m0/s1. The molecule has 0 unspecified atom stereocenters. The Morgan fingerprint density at radius 2 is 0.602 bits per heavy atom. The molecule has 476 valence electrons. The maximum atomic E-state index is 7.76. The van der Waals surface area contributed by atoms with E-state index in [4.69, 9.17) is 61.3 Å². The van der Waals surface area contributed by atoms with Gasteiger partial charge in [0.25, 0.3) is 0 Å². The summed E-state index contributed by atoms with van der Waals surface area (Å²) in [5.74, 6) is 0. The van der Waals surface area contributed by atoms with Gasteiger partial charge >= 0.3 is 0 Å². The zero-order chi connectivity index (χ0) is 61.7. The summed E-state index contributed by atoms with van der Waals surface area (Å²) in [6.07, 6.45) is -4.88. The van der Waals surface area contributed by atoms with Gasteiger partial charge in [0.05, 0.1) is 58.0 Å². The van der Waals surface area contributed by atoms with E-state index in [2.05, 4.69) is 101 Å². The van der Waals surface area contributed by atoms with Crippen molar-refractivity contribution in [2.45, 2.75) is 237 Å². The third-order valence-electron chi connectivity index (χ3n) is 17.5. The highest BCUT2D eigenvalue weighted by Crippen LogP contribution is 2.43. The molecule has 3 saturated heterocycles. The SMILES string of the molecule is CCCCCCCCO[C@H]1O[C@@H](C)[C@@H](OCc2ccccc2)[C@@H](O[C@@H]2O[C@@H](C)[C@@H](OCc3ccccc3)[C@@H](O[C@@H]3O[C@@H](C)[C@@H](OCc4ccccc4)[C@@H](O[Si](C)(C)C(C)(C)C)[C@@H]3OCc3ccccc3)[C@@H]2OCc2ccccc2)[C@@H]1OCc1ccccc1. The molecule has 0 aliphatic carbocycles. The fourth-order valence-electron chi connectivity index (χ4n) is 11.4. The van der Waals surface area contributed by atoms with Crippen LogP contribution < -0.4 is 0 Å². The molecule has 6 aromatic rings. The van der Waals surface area contributed by atoms with Gasteiger partial charge in [0.15, 0.2) is 27.2 Å². The molecule has 0 saturated carbocycles. The number of benzene rings is 6. The smallest absolute Gasteiger partial charge is 0.192 e. The number of hydrogen-bond acceptors (Lipinski definition) is 13. The lowest BCUT2D eigenvalue weighted by atomic mass is 9.95. The minimum Gasteiger partial charge on any atom is -0.408 e. The maximum absolute atomic E-state index is 7.76. The van der Waals surface area contributed by atoms with Crippen molar-refractivity contribution in [2.75, 3.05) is 6.61 Å². The highest BCUT2D eigenvalue weighted by atomic mass is 28.4. The Bertz CT molecular complexity index is 2850. The largest absolute Gasteiger partial charge is 0.408 e. The van der Waals surface area contributed by atoms with E-state index in [1.807, 2.05) is 142 Å². The average Bonchev–Trinajstić information content (AvgIpc) is 1.51. The van der Waals surface area contributed by atoms with Crippen LogP contribution in [0.2, 0.25) is 18.1 Å². The van der Waals surface area contributed by atoms with Crippen LogP contribution >= 0.6 is 0 Å². The molecule has 0 aromatic heterocycles. The van der Waals surface area contributed by atoms with E-state index in [0.29, 0.717) is 19.8 Å². The van der Waals surface area contributed by atoms with Gasteiger partial charge in [-0.3, -0.25) is 0 Å². The van der Waals surface area contributed by atoms with Crippen molar-refractivity contribution < 1.29 is 61.3 Å². The first-order chi connectivity index (χ1) is 42.7. The normalized spacial score (nSPS) is 27.7. The van der Waals surface area contributed by atoms with E-state index in [1.54, 1.807) is 0 Å². The Labute approximate surface area is 526 Å². The summed E-state index contributed by atoms with van der Waals surface area (Å²) in [5, 5.41) is -0.169. The van der Waals surface area contributed by atoms with Crippen LogP contribution in [0.15, 0.2) is 182 Å². The Kier molecular flexibility index (Phi) is 26.0. The lowest BCUT2D eigenvalue weighted by molar-refractivity contribution is -0.390. The molecule has 0 spiro atoms. The van der Waals surface area contributed by atoms with Gasteiger partial charge in [-0.2, -0.15) is 0 Å². The average molecular weight is 1220 g/mol. The first kappa shape index (κ1) is 67.4. The van der Waals surface area contributed by atoms with Gasteiger partial charge in [0, 0.05) is 6.61 Å². The van der Waals surface area contributed by atoms with Crippen LogP contribution in [0.5, 0.6) is 0 Å². The van der Waals surface area contributed by atoms with E-state index in [9.17, 15) is 0 Å². The van der Waals surface area contributed by atoms with E-state index in [-0.39, 0.29) is 31.5 Å². The predicted octanol–water partition coefficient (Wildman–Crippen LogP) is 15.3. The zero-order valence-electron chi connectivity index (χ0n) is 53.5. The third kappa shape index (κ3) is 19.3. The molecular weight excluding hydrogens is 1120 g/mol. The van der Waals surface area contributed by atoms with Crippen LogP contribution in [-0.4, -0.2) is 107 Å². The van der Waals surface area contributed by atoms with Crippen molar-refractivity contribution in [3.8, 4) is 0 Å². The number of hydrogen-bond donors (Lipinski definition) is 0. The number of rotatable bonds is 32. The monoisotopic (exact) mass is 1220 g/mol. The van der Waals surface area contributed by atoms with Gasteiger partial charge in [0.1, 0.15) is 54.9 Å². The highest BCUT2D eigenvalue weighted by Gasteiger charge is 2.57. The van der Waals surface area contributed by atoms with Crippen LogP contribution in [0.4, 0.5) is 0 Å². The van der Waals surface area contributed by atoms with E-state index in [0.717, 1.165) is 52.6 Å². The Balaban J connectivity index is 1.13. The molecule has 3 heterocycles. The summed E-state index contributed by atoms with van der Waals surface area (Å²) in [4.78, 5) is 0. The second kappa shape index (κ2) is 33.9. The summed E-state index contributed by atoms with van der Waals surface area (Å²) in [6, 6.07) is 60.9. The Hall–Kier alpha value is -4.98. The molecule has 0 N–H and O–H groups in total. The molecular formula is C74H98O13Si. The van der Waals surface area contributed by atoms with Gasteiger partial charge < -0.3 is 61.3 Å². The number of ether oxygens (including phenoxy) is 12. The Morgan fingerprint density at radius 3 is 0.932 bits per heavy atom. The molecule has 3 aliphatic rings. The quantitative estimate of drug-likeness (QED) is 0.0295. The molecule has 0 bridgehead atoms. The van der Waals surface area contributed by atoms with Crippen molar-refractivity contribution in [1.82, 2.24) is 0 Å². The van der Waals surface area contributed by atoms with E-state index < -0.39 is 100 Å². The van der Waals surface area contributed by atoms with E-state index >= 15 is 0 Å². The van der Waals surface area contributed by atoms with Gasteiger partial charge in [-0.25, -0.2) is 0 Å². The zero-order valence-corrected chi connectivity index (χ0v) is 54.5. The fourth-order valence-corrected chi connectivity index (χ4v) is 12.7. The molecule has 0 amide bonds. The minimum atomic E-state index is -2.58. The lowest BCUT2D eigenvalue weighted by Gasteiger charge is -2.52. The first-order valence-corrected chi connectivity index (χ1v) is 35.2. The van der Waals surface area contributed by atoms with E-state index in [1.165, 1.54) is 19.3 Å². The summed E-state index contributed by atoms with van der Waals surface area (Å²) in [6.45, 7) is 21.7. The lowest BCUT2D eigenvalue weighted by Crippen LogP contribution is -2.67. The molecule has 14 heteroatoms. The third-order valence-corrected chi connectivity index (χ3v) is 22.0. The van der Waals surface area contributed by atoms with Gasteiger partial charge in [-0.1, -0.05) is 242 Å². The second-order valence-corrected chi connectivity index (χ2v) is 30.1. The van der Waals surface area contributed by atoms with Crippen LogP contribution in [-0.2, 0) is 101 Å². The Morgan fingerprint density at radius 1 is 0.330 bits per heavy atom. The van der Waals surface area contributed by atoms with Gasteiger partial charge in [-0.15, -0.1) is 0 Å². The molecule has 15 atom stereocenters. The van der Waals surface area contributed by atoms with Gasteiger partial charge in [-0.05, 0) is 78.7 Å². The van der Waals surface area contributed by atoms with Crippen LogP contribution in [0.3, 0.4) is 0 Å². The van der Waals surface area contributed by atoms with Crippen molar-refractivity contribution in [3.05, 3.63) is 215 Å². The van der Waals surface area contributed by atoms with Crippen LogP contribution in [0, 0.1) is 0 Å². The number of unbranched alkanes of at least 4 members (excludes halogenated alkanes) is 5.